The van der Waals surface area contributed by atoms with Gasteiger partial charge in [0.05, 0.1) is 16.9 Å². The van der Waals surface area contributed by atoms with Crippen molar-refractivity contribution in [2.75, 3.05) is 0 Å². The summed E-state index contributed by atoms with van der Waals surface area (Å²) < 4.78 is 5.35. The van der Waals surface area contributed by atoms with Crippen LogP contribution in [0.1, 0.15) is 24.4 Å². The summed E-state index contributed by atoms with van der Waals surface area (Å²) in [5, 5.41) is 2.80. The summed E-state index contributed by atoms with van der Waals surface area (Å²) in [6.07, 6.45) is 1.51. The van der Waals surface area contributed by atoms with E-state index in [9.17, 15) is 4.79 Å². The number of nitrogens with two attached hydrogens (primary N) is 1. The molecule has 1 aliphatic carbocycles. The maximum atomic E-state index is 11.8. The van der Waals surface area contributed by atoms with Gasteiger partial charge in [0, 0.05) is 0 Å². The predicted molar refractivity (Wildman–Crippen MR) is 63.7 cm³/mol. The highest BCUT2D eigenvalue weighted by Gasteiger charge is 2.52. The van der Waals surface area contributed by atoms with Crippen LogP contribution in [0.2, 0.25) is 0 Å². The van der Waals surface area contributed by atoms with Gasteiger partial charge in [0.1, 0.15) is 11.5 Å². The molecule has 0 radical (unpaired) electrons. The summed E-state index contributed by atoms with van der Waals surface area (Å²) >= 11 is 4.90. The zero-order valence-corrected chi connectivity index (χ0v) is 9.89. The van der Waals surface area contributed by atoms with Gasteiger partial charge >= 0.3 is 0 Å². The third-order valence-electron chi connectivity index (χ3n) is 2.88. The first kappa shape index (κ1) is 11.1. The van der Waals surface area contributed by atoms with E-state index >= 15 is 0 Å². The molecule has 0 spiro atoms. The molecule has 0 aliphatic heterocycles. The van der Waals surface area contributed by atoms with Crippen molar-refractivity contribution in [2.24, 2.45) is 11.1 Å². The first-order valence-corrected chi connectivity index (χ1v) is 5.59. The molecule has 16 heavy (non-hydrogen) atoms. The number of furan rings is 1. The molecule has 1 fully saturated rings. The van der Waals surface area contributed by atoms with Crippen LogP contribution in [0.4, 0.5) is 0 Å². The fourth-order valence-electron chi connectivity index (χ4n) is 1.63. The maximum Gasteiger partial charge on any atom is 0.233 e. The van der Waals surface area contributed by atoms with E-state index in [4.69, 9.17) is 22.4 Å². The molecule has 1 heterocycles. The number of carbonyl (C=O) groups is 1. The van der Waals surface area contributed by atoms with Crippen LogP contribution >= 0.6 is 12.2 Å². The molecule has 0 unspecified atom stereocenters. The predicted octanol–water partition coefficient (Wildman–Crippen LogP) is 1.27. The quantitative estimate of drug-likeness (QED) is 0.775. The third-order valence-corrected chi connectivity index (χ3v) is 3.27. The molecule has 0 bridgehead atoms. The lowest BCUT2D eigenvalue weighted by Crippen LogP contribution is -2.39. The van der Waals surface area contributed by atoms with Gasteiger partial charge in [0.2, 0.25) is 5.91 Å². The molecule has 1 amide bonds. The van der Waals surface area contributed by atoms with Crippen molar-refractivity contribution in [1.82, 2.24) is 5.32 Å². The lowest BCUT2D eigenvalue weighted by atomic mass is 10.1. The molecule has 3 N–H and O–H groups in total. The summed E-state index contributed by atoms with van der Waals surface area (Å²) in [7, 11) is 0. The fourth-order valence-corrected chi connectivity index (χ4v) is 1.92. The smallest absolute Gasteiger partial charge is 0.233 e. The summed E-state index contributed by atoms with van der Waals surface area (Å²) in [4.78, 5) is 12.1. The molecule has 4 nitrogen and oxygen atoms in total. The largest absolute Gasteiger partial charge is 0.465 e. The number of aryl methyl sites for hydroxylation is 1. The second kappa shape index (κ2) is 3.90. The van der Waals surface area contributed by atoms with Crippen LogP contribution in [0.3, 0.4) is 0 Å². The average Bonchev–Trinajstić information content (AvgIpc) is 2.95. The Labute approximate surface area is 99.2 Å². The maximum absolute atomic E-state index is 11.8. The number of hydrogen-bond donors (Lipinski definition) is 2. The number of amides is 1. The second-order valence-electron chi connectivity index (χ2n) is 4.14. The van der Waals surface area contributed by atoms with Gasteiger partial charge in [0.25, 0.3) is 0 Å². The number of thiocarbonyl (C=S) groups is 1. The van der Waals surface area contributed by atoms with Crippen LogP contribution < -0.4 is 11.1 Å². The van der Waals surface area contributed by atoms with E-state index in [-0.39, 0.29) is 5.91 Å². The monoisotopic (exact) mass is 238 g/mol. The van der Waals surface area contributed by atoms with Crippen LogP contribution in [0.25, 0.3) is 0 Å². The van der Waals surface area contributed by atoms with E-state index < -0.39 is 5.41 Å². The van der Waals surface area contributed by atoms with Crippen molar-refractivity contribution < 1.29 is 9.21 Å². The fraction of sp³-hybridized carbons (Fsp3) is 0.455. The average molecular weight is 238 g/mol. The van der Waals surface area contributed by atoms with Crippen LogP contribution in [0, 0.1) is 12.3 Å². The summed E-state index contributed by atoms with van der Waals surface area (Å²) in [6.45, 7) is 2.25. The van der Waals surface area contributed by atoms with Crippen molar-refractivity contribution in [3.8, 4) is 0 Å². The molecule has 5 heteroatoms. The van der Waals surface area contributed by atoms with Gasteiger partial charge < -0.3 is 15.5 Å². The minimum Gasteiger partial charge on any atom is -0.465 e. The van der Waals surface area contributed by atoms with E-state index in [0.29, 0.717) is 11.5 Å². The molecule has 1 aliphatic rings. The van der Waals surface area contributed by atoms with Gasteiger partial charge in [-0.25, -0.2) is 0 Å². The molecule has 0 saturated heterocycles. The minimum atomic E-state index is -0.586. The SMILES string of the molecule is Cc1ccc(CNC(=O)C2(C(N)=S)CC2)o1. The Balaban J connectivity index is 1.92. The standard InChI is InChI=1S/C11H14N2O2S/c1-7-2-3-8(15-7)6-13-10(14)11(4-5-11)9(12)16/h2-3H,4-6H2,1H3,(H2,12,16)(H,13,14). The number of rotatable bonds is 4. The van der Waals surface area contributed by atoms with Crippen molar-refractivity contribution in [3.05, 3.63) is 23.7 Å². The highest BCUT2D eigenvalue weighted by Crippen LogP contribution is 2.46. The van der Waals surface area contributed by atoms with Crippen molar-refractivity contribution in [2.45, 2.75) is 26.3 Å². The van der Waals surface area contributed by atoms with Gasteiger partial charge in [-0.15, -0.1) is 0 Å². The van der Waals surface area contributed by atoms with Crippen LogP contribution in [-0.2, 0) is 11.3 Å². The Kier molecular flexibility index (Phi) is 2.71. The Bertz CT molecular complexity index is 435. The van der Waals surface area contributed by atoms with Crippen LogP contribution in [0.15, 0.2) is 16.5 Å². The van der Waals surface area contributed by atoms with Gasteiger partial charge in [-0.3, -0.25) is 4.79 Å². The zero-order chi connectivity index (χ0) is 11.8. The number of carbonyl (C=O) groups excluding carboxylic acids is 1. The summed E-state index contributed by atoms with van der Waals surface area (Å²) in [6, 6.07) is 3.71. The lowest BCUT2D eigenvalue weighted by Gasteiger charge is -2.12. The van der Waals surface area contributed by atoms with E-state index in [1.54, 1.807) is 0 Å². The zero-order valence-electron chi connectivity index (χ0n) is 9.08. The van der Waals surface area contributed by atoms with E-state index in [1.807, 2.05) is 19.1 Å². The van der Waals surface area contributed by atoms with Crippen molar-refractivity contribution >= 4 is 23.1 Å². The molecule has 0 atom stereocenters. The first-order valence-electron chi connectivity index (χ1n) is 5.18. The topological polar surface area (TPSA) is 68.3 Å². The van der Waals surface area contributed by atoms with Gasteiger partial charge in [-0.05, 0) is 31.9 Å². The Morgan fingerprint density at radius 3 is 2.75 bits per heavy atom. The van der Waals surface area contributed by atoms with Gasteiger partial charge in [0.15, 0.2) is 0 Å². The summed E-state index contributed by atoms with van der Waals surface area (Å²) in [5.74, 6) is 1.48. The normalized spacial score (nSPS) is 16.8. The Hall–Kier alpha value is -1.36. The Morgan fingerprint density at radius 2 is 2.31 bits per heavy atom. The van der Waals surface area contributed by atoms with Crippen LogP contribution in [0.5, 0.6) is 0 Å². The lowest BCUT2D eigenvalue weighted by molar-refractivity contribution is -0.124. The molecule has 0 aromatic carbocycles. The number of hydrogen-bond acceptors (Lipinski definition) is 3. The molecular weight excluding hydrogens is 224 g/mol. The van der Waals surface area contributed by atoms with E-state index in [1.165, 1.54) is 0 Å². The van der Waals surface area contributed by atoms with E-state index in [2.05, 4.69) is 5.32 Å². The third kappa shape index (κ3) is 1.95. The first-order chi connectivity index (χ1) is 7.54. The molecule has 1 aromatic heterocycles. The number of nitrogens with one attached hydrogen (secondary N) is 1. The van der Waals surface area contributed by atoms with Gasteiger partial charge in [-0.2, -0.15) is 0 Å². The van der Waals surface area contributed by atoms with Crippen LogP contribution in [-0.4, -0.2) is 10.9 Å². The van der Waals surface area contributed by atoms with E-state index in [0.717, 1.165) is 24.4 Å². The molecule has 1 aromatic rings. The second-order valence-corrected chi connectivity index (χ2v) is 4.58. The van der Waals surface area contributed by atoms with Crippen molar-refractivity contribution in [1.29, 1.82) is 0 Å². The molecule has 2 rings (SSSR count). The minimum absolute atomic E-state index is 0.0888. The highest BCUT2D eigenvalue weighted by atomic mass is 32.1. The van der Waals surface area contributed by atoms with Gasteiger partial charge in [-0.1, -0.05) is 12.2 Å². The molecule has 1 saturated carbocycles. The molecular formula is C11H14N2O2S. The highest BCUT2D eigenvalue weighted by molar-refractivity contribution is 7.80. The van der Waals surface area contributed by atoms with Crippen molar-refractivity contribution in [3.63, 3.8) is 0 Å². The summed E-state index contributed by atoms with van der Waals surface area (Å²) in [5.41, 5.74) is 4.97. The Morgan fingerprint density at radius 1 is 1.62 bits per heavy atom. The molecule has 86 valence electrons.